The molecule has 1 aromatic rings. The summed E-state index contributed by atoms with van der Waals surface area (Å²) in [4.78, 5) is 25.1. The van der Waals surface area contributed by atoms with Crippen molar-refractivity contribution in [1.82, 2.24) is 10.2 Å². The molecular formula is C13H18N2O3. The average molecular weight is 250 g/mol. The van der Waals surface area contributed by atoms with Gasteiger partial charge in [-0.05, 0) is 26.3 Å². The first kappa shape index (κ1) is 12.7. The van der Waals surface area contributed by atoms with E-state index in [1.807, 2.05) is 6.92 Å². The number of likely N-dealkylation sites (N-methyl/N-ethyl adjacent to an activating group) is 1. The zero-order chi connectivity index (χ0) is 13.3. The number of nitrogens with zero attached hydrogens (tertiary/aromatic N) is 1. The molecule has 1 fully saturated rings. The van der Waals surface area contributed by atoms with Gasteiger partial charge in [0.25, 0.3) is 5.91 Å². The third kappa shape index (κ3) is 2.55. The van der Waals surface area contributed by atoms with E-state index in [1.165, 1.54) is 0 Å². The van der Waals surface area contributed by atoms with Crippen LogP contribution in [-0.4, -0.2) is 36.3 Å². The average Bonchev–Trinajstić information content (AvgIpc) is 2.63. The van der Waals surface area contributed by atoms with E-state index in [1.54, 1.807) is 24.9 Å². The highest BCUT2D eigenvalue weighted by Crippen LogP contribution is 2.15. The maximum atomic E-state index is 12.1. The zero-order valence-corrected chi connectivity index (χ0v) is 10.9. The van der Waals surface area contributed by atoms with Crippen LogP contribution < -0.4 is 5.32 Å². The van der Waals surface area contributed by atoms with Crippen LogP contribution in [0.2, 0.25) is 0 Å². The van der Waals surface area contributed by atoms with E-state index >= 15 is 0 Å². The summed E-state index contributed by atoms with van der Waals surface area (Å²) in [6.07, 6.45) is 1.19. The molecule has 0 spiro atoms. The largest absolute Gasteiger partial charge is 0.466 e. The van der Waals surface area contributed by atoms with Gasteiger partial charge in [0.1, 0.15) is 11.5 Å². The van der Waals surface area contributed by atoms with Crippen LogP contribution in [0, 0.1) is 13.8 Å². The molecule has 18 heavy (non-hydrogen) atoms. The highest BCUT2D eigenvalue weighted by Gasteiger charge is 2.25. The van der Waals surface area contributed by atoms with Crippen molar-refractivity contribution in [3.8, 4) is 0 Å². The lowest BCUT2D eigenvalue weighted by molar-refractivity contribution is -0.132. The highest BCUT2D eigenvalue weighted by atomic mass is 16.3. The van der Waals surface area contributed by atoms with Crippen LogP contribution in [-0.2, 0) is 4.79 Å². The van der Waals surface area contributed by atoms with Gasteiger partial charge in [-0.1, -0.05) is 0 Å². The summed E-state index contributed by atoms with van der Waals surface area (Å²) < 4.78 is 5.34. The number of hydrogen-bond acceptors (Lipinski definition) is 3. The fourth-order valence-electron chi connectivity index (χ4n) is 2.25. The van der Waals surface area contributed by atoms with Crippen LogP contribution in [0.15, 0.2) is 10.5 Å². The molecule has 98 valence electrons. The Bertz CT molecular complexity index is 479. The van der Waals surface area contributed by atoms with E-state index in [-0.39, 0.29) is 17.9 Å². The predicted molar refractivity (Wildman–Crippen MR) is 66.3 cm³/mol. The van der Waals surface area contributed by atoms with Crippen LogP contribution in [0.5, 0.6) is 0 Å². The van der Waals surface area contributed by atoms with Crippen LogP contribution >= 0.6 is 0 Å². The highest BCUT2D eigenvalue weighted by molar-refractivity contribution is 5.95. The summed E-state index contributed by atoms with van der Waals surface area (Å²) in [5, 5.41) is 2.95. The Morgan fingerprint density at radius 3 is 2.78 bits per heavy atom. The molecule has 1 aliphatic heterocycles. The lowest BCUT2D eigenvalue weighted by Gasteiger charge is -2.30. The zero-order valence-electron chi connectivity index (χ0n) is 10.9. The van der Waals surface area contributed by atoms with E-state index in [0.717, 1.165) is 5.76 Å². The van der Waals surface area contributed by atoms with Crippen LogP contribution in [0.4, 0.5) is 0 Å². The summed E-state index contributed by atoms with van der Waals surface area (Å²) in [6.45, 7) is 4.16. The second-order valence-corrected chi connectivity index (χ2v) is 4.81. The van der Waals surface area contributed by atoms with Gasteiger partial charge >= 0.3 is 0 Å². The Labute approximate surface area is 106 Å². The second kappa shape index (κ2) is 4.84. The van der Waals surface area contributed by atoms with E-state index in [4.69, 9.17) is 4.42 Å². The first-order valence-corrected chi connectivity index (χ1v) is 6.09. The number of nitrogens with one attached hydrogen (secondary N) is 1. The van der Waals surface area contributed by atoms with E-state index in [0.29, 0.717) is 30.7 Å². The minimum Gasteiger partial charge on any atom is -0.466 e. The third-order valence-electron chi connectivity index (χ3n) is 3.25. The Morgan fingerprint density at radius 1 is 1.50 bits per heavy atom. The Morgan fingerprint density at radius 2 is 2.22 bits per heavy atom. The molecule has 2 heterocycles. The molecule has 0 saturated carbocycles. The number of aryl methyl sites for hydroxylation is 2. The summed E-state index contributed by atoms with van der Waals surface area (Å²) >= 11 is 0. The summed E-state index contributed by atoms with van der Waals surface area (Å²) in [6, 6.07) is 1.76. The number of hydrogen-bond donors (Lipinski definition) is 1. The number of piperidine rings is 1. The van der Waals surface area contributed by atoms with Crippen molar-refractivity contribution in [3.05, 3.63) is 23.2 Å². The van der Waals surface area contributed by atoms with E-state index < -0.39 is 0 Å². The van der Waals surface area contributed by atoms with Crippen molar-refractivity contribution in [2.45, 2.75) is 32.7 Å². The lowest BCUT2D eigenvalue weighted by atomic mass is 10.1. The smallest absolute Gasteiger partial charge is 0.255 e. The van der Waals surface area contributed by atoms with Gasteiger partial charge in [0.05, 0.1) is 5.56 Å². The van der Waals surface area contributed by atoms with Crippen LogP contribution in [0.25, 0.3) is 0 Å². The maximum absolute atomic E-state index is 12.1. The molecule has 0 radical (unpaired) electrons. The molecule has 2 amide bonds. The molecular weight excluding hydrogens is 232 g/mol. The molecule has 0 unspecified atom stereocenters. The fraction of sp³-hybridized carbons (Fsp3) is 0.538. The molecule has 1 aliphatic rings. The van der Waals surface area contributed by atoms with Gasteiger partial charge in [0.15, 0.2) is 0 Å². The third-order valence-corrected chi connectivity index (χ3v) is 3.25. The second-order valence-electron chi connectivity index (χ2n) is 4.81. The summed E-state index contributed by atoms with van der Waals surface area (Å²) in [7, 11) is 1.76. The van der Waals surface area contributed by atoms with Gasteiger partial charge in [-0.3, -0.25) is 9.59 Å². The number of carbonyl (C=O) groups excluding carboxylic acids is 2. The molecule has 2 rings (SSSR count). The van der Waals surface area contributed by atoms with Crippen molar-refractivity contribution in [3.63, 3.8) is 0 Å². The molecule has 0 aliphatic carbocycles. The molecule has 5 nitrogen and oxygen atoms in total. The predicted octanol–water partition coefficient (Wildman–Crippen LogP) is 1.25. The van der Waals surface area contributed by atoms with E-state index in [9.17, 15) is 9.59 Å². The molecule has 5 heteroatoms. The lowest BCUT2D eigenvalue weighted by Crippen LogP contribution is -2.48. The van der Waals surface area contributed by atoms with Crippen molar-refractivity contribution in [2.24, 2.45) is 0 Å². The first-order valence-electron chi connectivity index (χ1n) is 6.09. The molecule has 0 aromatic carbocycles. The van der Waals surface area contributed by atoms with Gasteiger partial charge in [0.2, 0.25) is 5.91 Å². The summed E-state index contributed by atoms with van der Waals surface area (Å²) in [5.74, 6) is 1.37. The van der Waals surface area contributed by atoms with Gasteiger partial charge in [-0.15, -0.1) is 0 Å². The molecule has 1 saturated heterocycles. The number of carbonyl (C=O) groups is 2. The number of furan rings is 1. The minimum absolute atomic E-state index is 0.0230. The molecule has 1 atom stereocenters. The Hall–Kier alpha value is -1.78. The quantitative estimate of drug-likeness (QED) is 0.859. The molecule has 0 bridgehead atoms. The first-order chi connectivity index (χ1) is 8.47. The SMILES string of the molecule is Cc1cc(C(=O)N[C@@H]2CCC(=O)N(C)C2)c(C)o1. The van der Waals surface area contributed by atoms with Gasteiger partial charge < -0.3 is 14.6 Å². The van der Waals surface area contributed by atoms with Crippen LogP contribution in [0.3, 0.4) is 0 Å². The standard InChI is InChI=1S/C13H18N2O3/c1-8-6-11(9(2)18-8)13(17)14-10-4-5-12(16)15(3)7-10/h6,10H,4-5,7H2,1-3H3,(H,14,17)/t10-/m1/s1. The maximum Gasteiger partial charge on any atom is 0.255 e. The van der Waals surface area contributed by atoms with Crippen molar-refractivity contribution in [1.29, 1.82) is 0 Å². The van der Waals surface area contributed by atoms with Crippen LogP contribution in [0.1, 0.15) is 34.7 Å². The minimum atomic E-state index is -0.128. The fourth-order valence-corrected chi connectivity index (χ4v) is 2.25. The molecule has 1 N–H and O–H groups in total. The topological polar surface area (TPSA) is 62.6 Å². The Kier molecular flexibility index (Phi) is 3.41. The van der Waals surface area contributed by atoms with Crippen molar-refractivity contribution >= 4 is 11.8 Å². The molecule has 1 aromatic heterocycles. The monoisotopic (exact) mass is 250 g/mol. The number of amides is 2. The number of rotatable bonds is 2. The number of likely N-dealkylation sites (tertiary alicyclic amines) is 1. The van der Waals surface area contributed by atoms with Gasteiger partial charge in [0, 0.05) is 26.1 Å². The summed E-state index contributed by atoms with van der Waals surface area (Å²) in [5.41, 5.74) is 0.576. The Balaban J connectivity index is 2.00. The van der Waals surface area contributed by atoms with Gasteiger partial charge in [-0.25, -0.2) is 0 Å². The normalized spacial score (nSPS) is 20.1. The van der Waals surface area contributed by atoms with Crippen molar-refractivity contribution < 1.29 is 14.0 Å². The van der Waals surface area contributed by atoms with E-state index in [2.05, 4.69) is 5.32 Å². The van der Waals surface area contributed by atoms with Crippen molar-refractivity contribution in [2.75, 3.05) is 13.6 Å². The van der Waals surface area contributed by atoms with Gasteiger partial charge in [-0.2, -0.15) is 0 Å².